The molecular formula is C20H26N2O3. The SMILES string of the molecule is CCC(C)(C)OCC(C)(C)C(=O)Nc1cccc2c(C=O)ccnc12. The van der Waals surface area contributed by atoms with Crippen LogP contribution >= 0.6 is 0 Å². The maximum Gasteiger partial charge on any atom is 0.232 e. The van der Waals surface area contributed by atoms with Crippen LogP contribution in [0.15, 0.2) is 30.5 Å². The number of aromatic nitrogens is 1. The Morgan fingerprint density at radius 3 is 2.60 bits per heavy atom. The summed E-state index contributed by atoms with van der Waals surface area (Å²) < 4.78 is 5.90. The molecule has 1 heterocycles. The fourth-order valence-electron chi connectivity index (χ4n) is 2.24. The molecule has 1 aromatic heterocycles. The van der Waals surface area contributed by atoms with Crippen LogP contribution in [-0.2, 0) is 9.53 Å². The quantitative estimate of drug-likeness (QED) is 0.765. The van der Waals surface area contributed by atoms with E-state index in [4.69, 9.17) is 4.74 Å². The van der Waals surface area contributed by atoms with E-state index in [1.807, 2.05) is 33.8 Å². The van der Waals surface area contributed by atoms with Crippen molar-refractivity contribution in [2.45, 2.75) is 46.6 Å². The first-order chi connectivity index (χ1) is 11.7. The molecule has 2 aromatic rings. The first-order valence-electron chi connectivity index (χ1n) is 8.48. The van der Waals surface area contributed by atoms with E-state index in [9.17, 15) is 9.59 Å². The number of rotatable bonds is 7. The number of carbonyl (C=O) groups excluding carboxylic acids is 2. The zero-order valence-electron chi connectivity index (χ0n) is 15.6. The van der Waals surface area contributed by atoms with E-state index in [0.29, 0.717) is 23.4 Å². The molecule has 0 spiro atoms. The van der Waals surface area contributed by atoms with Crippen LogP contribution in [-0.4, -0.2) is 29.4 Å². The van der Waals surface area contributed by atoms with Gasteiger partial charge in [0.15, 0.2) is 6.29 Å². The summed E-state index contributed by atoms with van der Waals surface area (Å²) in [6, 6.07) is 7.07. The summed E-state index contributed by atoms with van der Waals surface area (Å²) in [5, 5.41) is 3.65. The van der Waals surface area contributed by atoms with Gasteiger partial charge in [-0.2, -0.15) is 0 Å². The number of anilines is 1. The third-order valence-electron chi connectivity index (χ3n) is 4.47. The van der Waals surface area contributed by atoms with Crippen LogP contribution in [0.5, 0.6) is 0 Å². The van der Waals surface area contributed by atoms with Crippen molar-refractivity contribution in [1.29, 1.82) is 0 Å². The molecule has 5 nitrogen and oxygen atoms in total. The van der Waals surface area contributed by atoms with Crippen LogP contribution in [0.1, 0.15) is 51.4 Å². The van der Waals surface area contributed by atoms with Gasteiger partial charge in [-0.25, -0.2) is 0 Å². The lowest BCUT2D eigenvalue weighted by Gasteiger charge is -2.30. The average molecular weight is 342 g/mol. The summed E-state index contributed by atoms with van der Waals surface area (Å²) in [6.07, 6.45) is 3.23. The highest BCUT2D eigenvalue weighted by molar-refractivity contribution is 6.06. The third-order valence-corrected chi connectivity index (χ3v) is 4.47. The van der Waals surface area contributed by atoms with E-state index < -0.39 is 5.41 Å². The minimum absolute atomic E-state index is 0.148. The third kappa shape index (κ3) is 4.42. The van der Waals surface area contributed by atoms with Crippen LogP contribution in [0, 0.1) is 5.41 Å². The lowest BCUT2D eigenvalue weighted by Crippen LogP contribution is -2.38. The Balaban J connectivity index is 2.23. The molecular weight excluding hydrogens is 316 g/mol. The van der Waals surface area contributed by atoms with E-state index in [1.165, 1.54) is 0 Å². The summed E-state index contributed by atoms with van der Waals surface area (Å²) in [6.45, 7) is 10.1. The smallest absolute Gasteiger partial charge is 0.232 e. The second kappa shape index (κ2) is 7.31. The van der Waals surface area contributed by atoms with Gasteiger partial charge in [0.05, 0.1) is 28.8 Å². The summed E-state index contributed by atoms with van der Waals surface area (Å²) in [7, 11) is 0. The number of benzene rings is 1. The first kappa shape index (κ1) is 19.1. The topological polar surface area (TPSA) is 68.3 Å². The van der Waals surface area contributed by atoms with Crippen LogP contribution in [0.25, 0.3) is 10.9 Å². The highest BCUT2D eigenvalue weighted by atomic mass is 16.5. The Morgan fingerprint density at radius 1 is 1.24 bits per heavy atom. The summed E-state index contributed by atoms with van der Waals surface area (Å²) in [5.74, 6) is -0.148. The van der Waals surface area contributed by atoms with Gasteiger partial charge in [-0.05, 0) is 46.2 Å². The van der Waals surface area contributed by atoms with E-state index >= 15 is 0 Å². The number of nitrogens with one attached hydrogen (secondary N) is 1. The number of fused-ring (bicyclic) bond motifs is 1. The summed E-state index contributed by atoms with van der Waals surface area (Å²) in [5.41, 5.74) is 0.780. The molecule has 2 rings (SSSR count). The highest BCUT2D eigenvalue weighted by Gasteiger charge is 2.31. The Kier molecular flexibility index (Phi) is 5.58. The Bertz CT molecular complexity index is 782. The number of pyridine rings is 1. The van der Waals surface area contributed by atoms with Crippen molar-refractivity contribution in [2.24, 2.45) is 5.41 Å². The molecule has 25 heavy (non-hydrogen) atoms. The number of aldehydes is 1. The van der Waals surface area contributed by atoms with E-state index in [-0.39, 0.29) is 11.5 Å². The molecule has 134 valence electrons. The molecule has 0 aliphatic heterocycles. The molecule has 0 atom stereocenters. The van der Waals surface area contributed by atoms with Crippen LogP contribution in [0.3, 0.4) is 0 Å². The molecule has 0 saturated heterocycles. The Labute approximate surface area is 148 Å². The maximum atomic E-state index is 12.7. The van der Waals surface area contributed by atoms with Crippen molar-refractivity contribution in [3.05, 3.63) is 36.0 Å². The van der Waals surface area contributed by atoms with Crippen LogP contribution in [0.2, 0.25) is 0 Å². The van der Waals surface area contributed by atoms with Gasteiger partial charge in [-0.3, -0.25) is 14.6 Å². The Hall–Kier alpha value is -2.27. The van der Waals surface area contributed by atoms with E-state index in [1.54, 1.807) is 24.4 Å². The minimum Gasteiger partial charge on any atom is -0.374 e. The van der Waals surface area contributed by atoms with Crippen molar-refractivity contribution >= 4 is 28.8 Å². The molecule has 0 radical (unpaired) electrons. The monoisotopic (exact) mass is 342 g/mol. The van der Waals surface area contributed by atoms with Gasteiger partial charge in [0.25, 0.3) is 0 Å². The summed E-state index contributed by atoms with van der Waals surface area (Å²) in [4.78, 5) is 28.3. The molecule has 0 saturated carbocycles. The molecule has 0 bridgehead atoms. The van der Waals surface area contributed by atoms with Crippen molar-refractivity contribution in [3.8, 4) is 0 Å². The van der Waals surface area contributed by atoms with E-state index in [0.717, 1.165) is 18.1 Å². The second-order valence-electron chi connectivity index (χ2n) is 7.46. The normalized spacial score (nSPS) is 12.2. The zero-order valence-corrected chi connectivity index (χ0v) is 15.6. The maximum absolute atomic E-state index is 12.7. The van der Waals surface area contributed by atoms with Gasteiger partial charge in [0, 0.05) is 17.1 Å². The number of para-hydroxylation sites is 1. The number of carbonyl (C=O) groups is 2. The van der Waals surface area contributed by atoms with Gasteiger partial charge in [0.2, 0.25) is 5.91 Å². The van der Waals surface area contributed by atoms with Crippen LogP contribution in [0.4, 0.5) is 5.69 Å². The Morgan fingerprint density at radius 2 is 1.96 bits per heavy atom. The number of amides is 1. The first-order valence-corrected chi connectivity index (χ1v) is 8.48. The summed E-state index contributed by atoms with van der Waals surface area (Å²) >= 11 is 0. The number of hydrogen-bond acceptors (Lipinski definition) is 4. The lowest BCUT2D eigenvalue weighted by atomic mass is 9.92. The van der Waals surface area contributed by atoms with Gasteiger partial charge in [-0.1, -0.05) is 19.1 Å². The molecule has 1 amide bonds. The molecule has 5 heteroatoms. The molecule has 0 fully saturated rings. The minimum atomic E-state index is -0.698. The molecule has 1 aromatic carbocycles. The van der Waals surface area contributed by atoms with Gasteiger partial charge < -0.3 is 10.1 Å². The van der Waals surface area contributed by atoms with Crippen molar-refractivity contribution in [1.82, 2.24) is 4.98 Å². The standard InChI is InChI=1S/C20H26N2O3/c1-6-20(4,5)25-13-19(2,3)18(24)22-16-9-7-8-15-14(12-23)10-11-21-17(15)16/h7-12H,6,13H2,1-5H3,(H,22,24). The zero-order chi connectivity index (χ0) is 18.7. The van der Waals surface area contributed by atoms with Gasteiger partial charge in [0.1, 0.15) is 0 Å². The fraction of sp³-hybridized carbons (Fsp3) is 0.450. The largest absolute Gasteiger partial charge is 0.374 e. The van der Waals surface area contributed by atoms with Crippen molar-refractivity contribution in [3.63, 3.8) is 0 Å². The second-order valence-corrected chi connectivity index (χ2v) is 7.46. The van der Waals surface area contributed by atoms with Crippen molar-refractivity contribution < 1.29 is 14.3 Å². The van der Waals surface area contributed by atoms with Crippen LogP contribution < -0.4 is 5.32 Å². The fourth-order valence-corrected chi connectivity index (χ4v) is 2.24. The predicted molar refractivity (Wildman–Crippen MR) is 99.9 cm³/mol. The number of ether oxygens (including phenoxy) is 1. The number of nitrogens with zero attached hydrogens (tertiary/aromatic N) is 1. The lowest BCUT2D eigenvalue weighted by molar-refractivity contribution is -0.131. The molecule has 0 aliphatic carbocycles. The van der Waals surface area contributed by atoms with Gasteiger partial charge >= 0.3 is 0 Å². The molecule has 1 N–H and O–H groups in total. The molecule has 0 aliphatic rings. The predicted octanol–water partition coefficient (Wildman–Crippen LogP) is 4.22. The van der Waals surface area contributed by atoms with E-state index in [2.05, 4.69) is 17.2 Å². The molecule has 0 unspecified atom stereocenters. The average Bonchev–Trinajstić information content (AvgIpc) is 2.60. The number of hydrogen-bond donors (Lipinski definition) is 1. The highest BCUT2D eigenvalue weighted by Crippen LogP contribution is 2.27. The van der Waals surface area contributed by atoms with Gasteiger partial charge in [-0.15, -0.1) is 0 Å². The van der Waals surface area contributed by atoms with Crippen molar-refractivity contribution in [2.75, 3.05) is 11.9 Å².